The lowest BCUT2D eigenvalue weighted by molar-refractivity contribution is -0.117. The van der Waals surface area contributed by atoms with Crippen LogP contribution in [0.1, 0.15) is 24.5 Å². The zero-order valence-electron chi connectivity index (χ0n) is 19.7. The molecule has 0 aliphatic heterocycles. The monoisotopic (exact) mass is 488 g/mol. The van der Waals surface area contributed by atoms with Crippen molar-refractivity contribution < 1.29 is 9.59 Å². The van der Waals surface area contributed by atoms with Gasteiger partial charge in [-0.1, -0.05) is 48.4 Å². The van der Waals surface area contributed by atoms with E-state index in [-0.39, 0.29) is 24.1 Å². The number of nitrogens with one attached hydrogen (secondary N) is 2. The first-order valence-electron chi connectivity index (χ1n) is 11.2. The molecule has 35 heavy (non-hydrogen) atoms. The quantitative estimate of drug-likeness (QED) is 0.384. The number of halogens is 1. The first-order valence-corrected chi connectivity index (χ1v) is 11.6. The summed E-state index contributed by atoms with van der Waals surface area (Å²) >= 11 is 6.18. The predicted molar refractivity (Wildman–Crippen MR) is 140 cm³/mol. The topological polar surface area (TPSA) is 93.1 Å². The SMILES string of the molecule is CCC(=O)Nc1ccc(C)cc1-c1nc2ccccc2n(CC(=O)Nc2ccc(C)c(Cl)c2)c1=O. The second-order valence-electron chi connectivity index (χ2n) is 8.30. The molecular weight excluding hydrogens is 464 g/mol. The average Bonchev–Trinajstić information content (AvgIpc) is 2.84. The highest BCUT2D eigenvalue weighted by molar-refractivity contribution is 6.31. The number of aryl methyl sites for hydroxylation is 2. The number of rotatable bonds is 6. The van der Waals surface area contributed by atoms with E-state index < -0.39 is 5.56 Å². The summed E-state index contributed by atoms with van der Waals surface area (Å²) in [5, 5.41) is 6.19. The van der Waals surface area contributed by atoms with Gasteiger partial charge in [-0.05, 0) is 55.8 Å². The molecular formula is C27H25ClN4O3. The zero-order valence-corrected chi connectivity index (χ0v) is 20.4. The molecule has 1 heterocycles. The molecule has 7 nitrogen and oxygen atoms in total. The molecule has 0 bridgehead atoms. The highest BCUT2D eigenvalue weighted by Gasteiger charge is 2.18. The van der Waals surface area contributed by atoms with E-state index in [1.54, 1.807) is 43.3 Å². The molecule has 0 radical (unpaired) electrons. The third-order valence-corrected chi connectivity index (χ3v) is 6.04. The Kier molecular flexibility index (Phi) is 6.98. The predicted octanol–water partition coefficient (Wildman–Crippen LogP) is 5.32. The van der Waals surface area contributed by atoms with Crippen molar-refractivity contribution in [3.8, 4) is 11.3 Å². The molecule has 2 N–H and O–H groups in total. The van der Waals surface area contributed by atoms with Gasteiger partial charge in [0.15, 0.2) is 0 Å². The molecule has 4 rings (SSSR count). The van der Waals surface area contributed by atoms with Crippen LogP contribution in [-0.2, 0) is 16.1 Å². The Hall–Kier alpha value is -3.97. The van der Waals surface area contributed by atoms with Crippen LogP contribution in [0.15, 0.2) is 65.5 Å². The first-order chi connectivity index (χ1) is 16.8. The number of nitrogens with zero attached hydrogens (tertiary/aromatic N) is 2. The van der Waals surface area contributed by atoms with Crippen LogP contribution < -0.4 is 16.2 Å². The van der Waals surface area contributed by atoms with Gasteiger partial charge >= 0.3 is 0 Å². The van der Waals surface area contributed by atoms with Crippen LogP contribution in [0.25, 0.3) is 22.3 Å². The minimum atomic E-state index is -0.432. The Balaban J connectivity index is 1.80. The molecule has 178 valence electrons. The number of amides is 2. The lowest BCUT2D eigenvalue weighted by Gasteiger charge is -2.15. The fourth-order valence-electron chi connectivity index (χ4n) is 3.74. The van der Waals surface area contributed by atoms with Crippen LogP contribution in [-0.4, -0.2) is 21.4 Å². The molecule has 0 atom stereocenters. The van der Waals surface area contributed by atoms with Crippen molar-refractivity contribution >= 4 is 45.8 Å². The van der Waals surface area contributed by atoms with Gasteiger partial charge in [0.1, 0.15) is 12.2 Å². The number of anilines is 2. The van der Waals surface area contributed by atoms with Crippen LogP contribution in [0, 0.1) is 13.8 Å². The molecule has 8 heteroatoms. The van der Waals surface area contributed by atoms with Crippen molar-refractivity contribution in [3.63, 3.8) is 0 Å². The molecule has 1 aromatic heterocycles. The molecule has 3 aromatic carbocycles. The van der Waals surface area contributed by atoms with E-state index >= 15 is 0 Å². The minimum absolute atomic E-state index is 0.157. The summed E-state index contributed by atoms with van der Waals surface area (Å²) in [4.78, 5) is 43.3. The maximum Gasteiger partial charge on any atom is 0.278 e. The Labute approximate surface area is 207 Å². The largest absolute Gasteiger partial charge is 0.325 e. The summed E-state index contributed by atoms with van der Waals surface area (Å²) in [6, 6.07) is 17.8. The maximum absolute atomic E-state index is 13.7. The summed E-state index contributed by atoms with van der Waals surface area (Å²) in [7, 11) is 0. The van der Waals surface area contributed by atoms with E-state index in [1.165, 1.54) is 4.57 Å². The van der Waals surface area contributed by atoms with Crippen molar-refractivity contribution in [3.05, 3.63) is 87.2 Å². The van der Waals surface area contributed by atoms with E-state index in [2.05, 4.69) is 15.6 Å². The number of para-hydroxylation sites is 2. The molecule has 0 aliphatic rings. The van der Waals surface area contributed by atoms with E-state index in [1.807, 2.05) is 38.1 Å². The molecule has 0 saturated heterocycles. The maximum atomic E-state index is 13.7. The van der Waals surface area contributed by atoms with Gasteiger partial charge in [0.05, 0.1) is 16.7 Å². The van der Waals surface area contributed by atoms with Crippen LogP contribution >= 0.6 is 11.6 Å². The van der Waals surface area contributed by atoms with E-state index in [0.29, 0.717) is 39.4 Å². The highest BCUT2D eigenvalue weighted by atomic mass is 35.5. The Morgan fingerprint density at radius 2 is 1.74 bits per heavy atom. The summed E-state index contributed by atoms with van der Waals surface area (Å²) in [5.41, 5.74) is 4.16. The number of carbonyl (C=O) groups excluding carboxylic acids is 2. The van der Waals surface area contributed by atoms with Gasteiger partial charge in [0.25, 0.3) is 5.56 Å². The van der Waals surface area contributed by atoms with Gasteiger partial charge in [-0.25, -0.2) is 4.98 Å². The lowest BCUT2D eigenvalue weighted by atomic mass is 10.1. The molecule has 0 aliphatic carbocycles. The minimum Gasteiger partial charge on any atom is -0.325 e. The van der Waals surface area contributed by atoms with Gasteiger partial charge < -0.3 is 10.6 Å². The van der Waals surface area contributed by atoms with Crippen molar-refractivity contribution in [2.75, 3.05) is 10.6 Å². The fraction of sp³-hybridized carbons (Fsp3) is 0.185. The second-order valence-corrected chi connectivity index (χ2v) is 8.71. The highest BCUT2D eigenvalue weighted by Crippen LogP contribution is 2.27. The summed E-state index contributed by atoms with van der Waals surface area (Å²) in [6.45, 7) is 5.31. The van der Waals surface area contributed by atoms with Crippen molar-refractivity contribution in [2.24, 2.45) is 0 Å². The second kappa shape index (κ2) is 10.1. The standard InChI is InChI=1S/C27H25ClN4O3/c1-4-24(33)30-21-12-9-16(2)13-19(21)26-27(35)32(23-8-6-5-7-22(23)31-26)15-25(34)29-18-11-10-17(3)20(28)14-18/h5-14H,4,15H2,1-3H3,(H,29,34)(H,30,33). The molecule has 0 fully saturated rings. The van der Waals surface area contributed by atoms with Crippen LogP contribution in [0.4, 0.5) is 11.4 Å². The van der Waals surface area contributed by atoms with E-state index in [4.69, 9.17) is 11.6 Å². The van der Waals surface area contributed by atoms with Crippen molar-refractivity contribution in [1.82, 2.24) is 9.55 Å². The third-order valence-electron chi connectivity index (χ3n) is 5.64. The number of aromatic nitrogens is 2. The normalized spacial score (nSPS) is 10.9. The average molecular weight is 489 g/mol. The van der Waals surface area contributed by atoms with Crippen LogP contribution in [0.3, 0.4) is 0 Å². The fourth-order valence-corrected chi connectivity index (χ4v) is 3.92. The molecule has 4 aromatic rings. The molecule has 0 unspecified atom stereocenters. The van der Waals surface area contributed by atoms with Crippen LogP contribution in [0.5, 0.6) is 0 Å². The Bertz CT molecular complexity index is 1510. The summed E-state index contributed by atoms with van der Waals surface area (Å²) < 4.78 is 1.40. The van der Waals surface area contributed by atoms with Gasteiger partial charge in [-0.2, -0.15) is 0 Å². The van der Waals surface area contributed by atoms with Gasteiger partial charge in [0, 0.05) is 22.7 Å². The number of hydrogen-bond acceptors (Lipinski definition) is 4. The van der Waals surface area contributed by atoms with Crippen molar-refractivity contribution in [2.45, 2.75) is 33.7 Å². The number of carbonyl (C=O) groups is 2. The number of hydrogen-bond donors (Lipinski definition) is 2. The van der Waals surface area contributed by atoms with Gasteiger partial charge in [0.2, 0.25) is 11.8 Å². The van der Waals surface area contributed by atoms with Crippen molar-refractivity contribution in [1.29, 1.82) is 0 Å². The summed E-state index contributed by atoms with van der Waals surface area (Å²) in [5.74, 6) is -0.551. The molecule has 0 saturated carbocycles. The summed E-state index contributed by atoms with van der Waals surface area (Å²) in [6.07, 6.45) is 0.298. The number of fused-ring (bicyclic) bond motifs is 1. The number of benzene rings is 3. The smallest absolute Gasteiger partial charge is 0.278 e. The van der Waals surface area contributed by atoms with Gasteiger partial charge in [-0.15, -0.1) is 0 Å². The molecule has 2 amide bonds. The third kappa shape index (κ3) is 5.25. The Morgan fingerprint density at radius 3 is 2.49 bits per heavy atom. The zero-order chi connectivity index (χ0) is 25.1. The van der Waals surface area contributed by atoms with E-state index in [0.717, 1.165) is 11.1 Å². The van der Waals surface area contributed by atoms with Gasteiger partial charge in [-0.3, -0.25) is 19.0 Å². The first kappa shape index (κ1) is 24.2. The van der Waals surface area contributed by atoms with E-state index in [9.17, 15) is 14.4 Å². The Morgan fingerprint density at radius 1 is 0.971 bits per heavy atom. The molecule has 0 spiro atoms. The van der Waals surface area contributed by atoms with Crippen LogP contribution in [0.2, 0.25) is 5.02 Å². The lowest BCUT2D eigenvalue weighted by Crippen LogP contribution is -2.30.